The summed E-state index contributed by atoms with van der Waals surface area (Å²) >= 11 is 0. The molecule has 2 heterocycles. The number of hydrogen-bond donors (Lipinski definition) is 2. The summed E-state index contributed by atoms with van der Waals surface area (Å²) in [4.78, 5) is 18.1. The van der Waals surface area contributed by atoms with E-state index >= 15 is 0 Å². The van der Waals surface area contributed by atoms with Crippen LogP contribution in [0.4, 0.5) is 13.2 Å². The maximum absolute atomic E-state index is 13.7. The van der Waals surface area contributed by atoms with Crippen molar-refractivity contribution in [3.63, 3.8) is 0 Å². The third-order valence-corrected chi connectivity index (χ3v) is 9.04. The molecule has 1 fully saturated rings. The third kappa shape index (κ3) is 5.93. The largest absolute Gasteiger partial charge is 0.416 e. The van der Waals surface area contributed by atoms with Crippen LogP contribution >= 0.6 is 0 Å². The molecule has 1 amide bonds. The molecule has 40 heavy (non-hydrogen) atoms. The quantitative estimate of drug-likeness (QED) is 0.385. The number of amides is 1. The molecule has 0 radical (unpaired) electrons. The molecule has 0 saturated carbocycles. The summed E-state index contributed by atoms with van der Waals surface area (Å²) in [5, 5.41) is 12.7. The zero-order valence-electron chi connectivity index (χ0n) is 22.5. The van der Waals surface area contributed by atoms with Gasteiger partial charge in [0.2, 0.25) is 0 Å². The number of halogens is 3. The van der Waals surface area contributed by atoms with E-state index in [0.717, 1.165) is 12.5 Å². The standard InChI is InChI=1S/C28H32F3N3O5S/c1-4-40(37,38)21-12-10-19(11-13-21)23(17-35)32-25(36)24-18(2)34(26(33-24)27(3)14-7-15-39-27)16-20-8-5-6-9-22(20)28(29,30)31/h5-6,8-13,23,35H,4,7,14-17H2,1-3H3,(H,32,36)/t23-,27?/m1/s1. The van der Waals surface area contributed by atoms with Crippen LogP contribution in [0.2, 0.25) is 0 Å². The number of nitrogens with zero attached hydrogens (tertiary/aromatic N) is 2. The van der Waals surface area contributed by atoms with E-state index in [9.17, 15) is 31.5 Å². The molecule has 1 aromatic heterocycles. The lowest BCUT2D eigenvalue weighted by Crippen LogP contribution is -2.31. The second-order valence-electron chi connectivity index (χ2n) is 9.97. The molecule has 216 valence electrons. The normalized spacial score (nSPS) is 18.6. The summed E-state index contributed by atoms with van der Waals surface area (Å²) in [5.74, 6) is -0.348. The maximum atomic E-state index is 13.7. The van der Waals surface area contributed by atoms with Crippen molar-refractivity contribution in [3.8, 4) is 0 Å². The van der Waals surface area contributed by atoms with Gasteiger partial charge in [-0.1, -0.05) is 37.3 Å². The predicted octanol–water partition coefficient (Wildman–Crippen LogP) is 4.54. The van der Waals surface area contributed by atoms with E-state index in [-0.39, 0.29) is 28.5 Å². The topological polar surface area (TPSA) is 111 Å². The van der Waals surface area contributed by atoms with Crippen molar-refractivity contribution in [2.45, 2.75) is 62.9 Å². The molecule has 0 bridgehead atoms. The highest BCUT2D eigenvalue weighted by Crippen LogP contribution is 2.38. The fraction of sp³-hybridized carbons (Fsp3) is 0.429. The molecule has 1 unspecified atom stereocenters. The molecule has 2 N–H and O–H groups in total. The summed E-state index contributed by atoms with van der Waals surface area (Å²) in [6.07, 6.45) is -3.24. The molecule has 2 aromatic carbocycles. The number of alkyl halides is 3. The minimum atomic E-state index is -4.56. The van der Waals surface area contributed by atoms with Gasteiger partial charge in [-0.2, -0.15) is 13.2 Å². The average Bonchev–Trinajstić information content (AvgIpc) is 3.51. The van der Waals surface area contributed by atoms with Crippen LogP contribution in [0.1, 0.15) is 71.4 Å². The molecular formula is C28H32F3N3O5S. The highest BCUT2D eigenvalue weighted by atomic mass is 32.2. The number of hydrogen-bond acceptors (Lipinski definition) is 6. The monoisotopic (exact) mass is 579 g/mol. The Labute approximate surface area is 231 Å². The number of benzene rings is 2. The van der Waals surface area contributed by atoms with Gasteiger partial charge in [0.1, 0.15) is 17.1 Å². The van der Waals surface area contributed by atoms with Crippen LogP contribution in [0.5, 0.6) is 0 Å². The average molecular weight is 580 g/mol. The smallest absolute Gasteiger partial charge is 0.394 e. The Morgan fingerprint density at radius 1 is 1.20 bits per heavy atom. The number of nitrogens with one attached hydrogen (secondary N) is 1. The minimum absolute atomic E-state index is 0.000143. The number of rotatable bonds is 9. The number of ether oxygens (including phenoxy) is 1. The van der Waals surface area contributed by atoms with Gasteiger partial charge in [-0.05, 0) is 56.0 Å². The van der Waals surface area contributed by atoms with Crippen molar-refractivity contribution < 1.29 is 36.2 Å². The van der Waals surface area contributed by atoms with E-state index in [1.807, 2.05) is 0 Å². The molecule has 12 heteroatoms. The van der Waals surface area contributed by atoms with Gasteiger partial charge in [0.15, 0.2) is 9.84 Å². The molecular weight excluding hydrogens is 547 g/mol. The number of aliphatic hydroxyl groups is 1. The van der Waals surface area contributed by atoms with Crippen molar-refractivity contribution in [2.75, 3.05) is 19.0 Å². The van der Waals surface area contributed by atoms with Crippen LogP contribution in [0.15, 0.2) is 53.4 Å². The van der Waals surface area contributed by atoms with Gasteiger partial charge in [0.05, 0.1) is 28.9 Å². The lowest BCUT2D eigenvalue weighted by Gasteiger charge is -2.25. The van der Waals surface area contributed by atoms with E-state index in [4.69, 9.17) is 4.74 Å². The molecule has 4 rings (SSSR count). The number of aromatic nitrogens is 2. The number of aliphatic hydroxyl groups excluding tert-OH is 1. The second-order valence-corrected chi connectivity index (χ2v) is 12.3. The summed E-state index contributed by atoms with van der Waals surface area (Å²) in [6.45, 7) is 4.76. The summed E-state index contributed by atoms with van der Waals surface area (Å²) < 4.78 is 73.0. The molecule has 0 spiro atoms. The van der Waals surface area contributed by atoms with Crippen LogP contribution in [-0.2, 0) is 32.9 Å². The van der Waals surface area contributed by atoms with Gasteiger partial charge < -0.3 is 19.7 Å². The first kappa shape index (κ1) is 29.8. The highest BCUT2D eigenvalue weighted by molar-refractivity contribution is 7.91. The van der Waals surface area contributed by atoms with E-state index in [1.165, 1.54) is 49.4 Å². The van der Waals surface area contributed by atoms with Gasteiger partial charge in [-0.15, -0.1) is 0 Å². The number of carbonyl (C=O) groups excluding carboxylic acids is 1. The van der Waals surface area contributed by atoms with Crippen molar-refractivity contribution in [2.24, 2.45) is 0 Å². The zero-order chi connectivity index (χ0) is 29.3. The number of sulfone groups is 1. The second kappa shape index (κ2) is 11.3. The Morgan fingerprint density at radius 3 is 2.45 bits per heavy atom. The minimum Gasteiger partial charge on any atom is -0.394 e. The van der Waals surface area contributed by atoms with E-state index < -0.39 is 45.7 Å². The van der Waals surface area contributed by atoms with Crippen molar-refractivity contribution in [3.05, 3.63) is 82.4 Å². The van der Waals surface area contributed by atoms with Gasteiger partial charge in [-0.25, -0.2) is 13.4 Å². The highest BCUT2D eigenvalue weighted by Gasteiger charge is 2.39. The first-order chi connectivity index (χ1) is 18.8. The number of imidazole rings is 1. The number of carbonyl (C=O) groups is 1. The Hall–Kier alpha value is -3.22. The first-order valence-corrected chi connectivity index (χ1v) is 14.6. The molecule has 3 aromatic rings. The molecule has 2 atom stereocenters. The van der Waals surface area contributed by atoms with Crippen LogP contribution in [-0.4, -0.2) is 47.9 Å². The lowest BCUT2D eigenvalue weighted by atomic mass is 10.0. The van der Waals surface area contributed by atoms with Crippen molar-refractivity contribution in [1.82, 2.24) is 14.9 Å². The predicted molar refractivity (Wildman–Crippen MR) is 142 cm³/mol. The van der Waals surface area contributed by atoms with Crippen molar-refractivity contribution >= 4 is 15.7 Å². The molecule has 1 aliphatic rings. The van der Waals surface area contributed by atoms with Gasteiger partial charge in [0.25, 0.3) is 5.91 Å². The third-order valence-electron chi connectivity index (χ3n) is 7.29. The van der Waals surface area contributed by atoms with Crippen LogP contribution in [0, 0.1) is 6.92 Å². The molecule has 8 nitrogen and oxygen atoms in total. The first-order valence-electron chi connectivity index (χ1n) is 12.9. The van der Waals surface area contributed by atoms with Crippen molar-refractivity contribution in [1.29, 1.82) is 0 Å². The molecule has 1 aliphatic heterocycles. The summed E-state index contributed by atoms with van der Waals surface area (Å²) in [6, 6.07) is 10.3. The zero-order valence-corrected chi connectivity index (χ0v) is 23.3. The van der Waals surface area contributed by atoms with E-state index in [1.54, 1.807) is 18.4 Å². The Morgan fingerprint density at radius 2 is 1.88 bits per heavy atom. The lowest BCUT2D eigenvalue weighted by molar-refractivity contribution is -0.138. The van der Waals surface area contributed by atoms with E-state index in [2.05, 4.69) is 10.3 Å². The van der Waals surface area contributed by atoms with Crippen LogP contribution in [0.3, 0.4) is 0 Å². The fourth-order valence-corrected chi connectivity index (χ4v) is 5.83. The summed E-state index contributed by atoms with van der Waals surface area (Å²) in [7, 11) is -3.42. The summed E-state index contributed by atoms with van der Waals surface area (Å²) in [5.41, 5.74) is -0.810. The van der Waals surface area contributed by atoms with Gasteiger partial charge >= 0.3 is 6.18 Å². The van der Waals surface area contributed by atoms with Crippen LogP contribution < -0.4 is 5.32 Å². The molecule has 1 saturated heterocycles. The van der Waals surface area contributed by atoms with Gasteiger partial charge in [0, 0.05) is 18.8 Å². The Kier molecular flexibility index (Phi) is 8.44. The maximum Gasteiger partial charge on any atom is 0.416 e. The molecule has 0 aliphatic carbocycles. The van der Waals surface area contributed by atoms with Gasteiger partial charge in [-0.3, -0.25) is 4.79 Å². The SMILES string of the molecule is CCS(=O)(=O)c1ccc([C@@H](CO)NC(=O)c2nc(C3(C)CCCO3)n(Cc3ccccc3C(F)(F)F)c2C)cc1. The van der Waals surface area contributed by atoms with Crippen LogP contribution in [0.25, 0.3) is 0 Å². The Bertz CT molecular complexity index is 1480. The van der Waals surface area contributed by atoms with E-state index in [0.29, 0.717) is 30.1 Å². The fourth-order valence-electron chi connectivity index (χ4n) is 4.94. The Balaban J connectivity index is 1.69.